The summed E-state index contributed by atoms with van der Waals surface area (Å²) < 4.78 is 4.75. The molecule has 0 saturated carbocycles. The van der Waals surface area contributed by atoms with Crippen LogP contribution in [-0.2, 0) is 14.3 Å². The minimum atomic E-state index is -0.616. The van der Waals surface area contributed by atoms with Gasteiger partial charge < -0.3 is 10.1 Å². The Morgan fingerprint density at radius 2 is 2.15 bits per heavy atom. The van der Waals surface area contributed by atoms with Gasteiger partial charge in [-0.15, -0.1) is 11.6 Å². The number of rotatable bonds is 5. The van der Waals surface area contributed by atoms with E-state index in [1.807, 2.05) is 0 Å². The largest absolute Gasteiger partial charge is 0.464 e. The smallest absolute Gasteiger partial charge is 0.328 e. The van der Waals surface area contributed by atoms with E-state index in [1.54, 1.807) is 6.92 Å². The molecule has 0 aliphatic carbocycles. The van der Waals surface area contributed by atoms with Crippen molar-refractivity contribution in [2.24, 2.45) is 0 Å². The van der Waals surface area contributed by atoms with E-state index in [9.17, 15) is 9.59 Å². The van der Waals surface area contributed by atoms with Crippen molar-refractivity contribution >= 4 is 23.5 Å². The second kappa shape index (κ2) is 6.71. The Labute approximate surface area is 82.6 Å². The van der Waals surface area contributed by atoms with Crippen molar-refractivity contribution in [3.63, 3.8) is 0 Å². The molecule has 0 heterocycles. The molecule has 13 heavy (non-hydrogen) atoms. The SMILES string of the molecule is CCOC(=O)C(CCCl)NC(C)=O. The Morgan fingerprint density at radius 1 is 1.54 bits per heavy atom. The van der Waals surface area contributed by atoms with Gasteiger partial charge in [0.25, 0.3) is 0 Å². The molecule has 0 bridgehead atoms. The van der Waals surface area contributed by atoms with Crippen LogP contribution < -0.4 is 5.32 Å². The van der Waals surface area contributed by atoms with Gasteiger partial charge in [0, 0.05) is 12.8 Å². The molecule has 5 heteroatoms. The van der Waals surface area contributed by atoms with Crippen LogP contribution in [0.2, 0.25) is 0 Å². The van der Waals surface area contributed by atoms with E-state index in [1.165, 1.54) is 6.92 Å². The second-order valence-corrected chi connectivity index (χ2v) is 2.86. The lowest BCUT2D eigenvalue weighted by atomic mass is 10.2. The molecule has 0 saturated heterocycles. The summed E-state index contributed by atoms with van der Waals surface area (Å²) >= 11 is 5.46. The normalized spacial score (nSPS) is 11.9. The lowest BCUT2D eigenvalue weighted by Crippen LogP contribution is -2.41. The Bertz CT molecular complexity index is 184. The number of esters is 1. The first kappa shape index (κ1) is 12.2. The standard InChI is InChI=1S/C8H14ClNO3/c1-3-13-8(12)7(4-5-9)10-6(2)11/h7H,3-5H2,1-2H3,(H,10,11). The van der Waals surface area contributed by atoms with Crippen molar-refractivity contribution < 1.29 is 14.3 Å². The number of alkyl halides is 1. The summed E-state index contributed by atoms with van der Waals surface area (Å²) in [5.41, 5.74) is 0. The second-order valence-electron chi connectivity index (χ2n) is 2.48. The van der Waals surface area contributed by atoms with Gasteiger partial charge in [0.2, 0.25) is 5.91 Å². The third kappa shape index (κ3) is 5.47. The van der Waals surface area contributed by atoms with Gasteiger partial charge in [-0.3, -0.25) is 4.79 Å². The van der Waals surface area contributed by atoms with Gasteiger partial charge in [-0.25, -0.2) is 4.79 Å². The van der Waals surface area contributed by atoms with Crippen LogP contribution in [0.4, 0.5) is 0 Å². The zero-order valence-electron chi connectivity index (χ0n) is 7.80. The monoisotopic (exact) mass is 207 g/mol. The highest BCUT2D eigenvalue weighted by Gasteiger charge is 2.19. The maximum absolute atomic E-state index is 11.2. The van der Waals surface area contributed by atoms with Crippen LogP contribution in [-0.4, -0.2) is 30.4 Å². The van der Waals surface area contributed by atoms with Crippen molar-refractivity contribution in [2.75, 3.05) is 12.5 Å². The van der Waals surface area contributed by atoms with Crippen LogP contribution in [0.25, 0.3) is 0 Å². The number of hydrogen-bond donors (Lipinski definition) is 1. The number of ether oxygens (including phenoxy) is 1. The molecule has 1 N–H and O–H groups in total. The number of carbonyl (C=O) groups is 2. The molecule has 0 aliphatic heterocycles. The lowest BCUT2D eigenvalue weighted by Gasteiger charge is -2.14. The molecule has 4 nitrogen and oxygen atoms in total. The summed E-state index contributed by atoms with van der Waals surface area (Å²) in [6, 6.07) is -0.616. The molecular formula is C8H14ClNO3. The molecule has 0 fully saturated rings. The van der Waals surface area contributed by atoms with Crippen LogP contribution >= 0.6 is 11.6 Å². The molecule has 0 rings (SSSR count). The third-order valence-corrected chi connectivity index (χ3v) is 1.56. The molecule has 0 aromatic carbocycles. The summed E-state index contributed by atoms with van der Waals surface area (Å²) in [6.45, 7) is 3.36. The highest BCUT2D eigenvalue weighted by molar-refractivity contribution is 6.18. The van der Waals surface area contributed by atoms with Gasteiger partial charge in [0.1, 0.15) is 6.04 Å². The van der Waals surface area contributed by atoms with Crippen molar-refractivity contribution in [2.45, 2.75) is 26.3 Å². The van der Waals surface area contributed by atoms with E-state index < -0.39 is 12.0 Å². The number of halogens is 1. The minimum Gasteiger partial charge on any atom is -0.464 e. The molecule has 0 aliphatic rings. The molecule has 1 unspecified atom stereocenters. The van der Waals surface area contributed by atoms with E-state index in [-0.39, 0.29) is 5.91 Å². The van der Waals surface area contributed by atoms with Crippen LogP contribution in [0, 0.1) is 0 Å². The maximum atomic E-state index is 11.2. The Morgan fingerprint density at radius 3 is 2.54 bits per heavy atom. The summed E-state index contributed by atoms with van der Waals surface area (Å²) in [5.74, 6) is -0.384. The third-order valence-electron chi connectivity index (χ3n) is 1.35. The number of hydrogen-bond acceptors (Lipinski definition) is 3. The van der Waals surface area contributed by atoms with Crippen molar-refractivity contribution in [3.8, 4) is 0 Å². The van der Waals surface area contributed by atoms with Crippen LogP contribution in [0.1, 0.15) is 20.3 Å². The predicted molar refractivity (Wildman–Crippen MR) is 49.6 cm³/mol. The quantitative estimate of drug-likeness (QED) is 0.533. The van der Waals surface area contributed by atoms with E-state index >= 15 is 0 Å². The molecule has 76 valence electrons. The molecule has 0 aromatic heterocycles. The van der Waals surface area contributed by atoms with E-state index in [0.29, 0.717) is 18.9 Å². The van der Waals surface area contributed by atoms with Crippen molar-refractivity contribution in [3.05, 3.63) is 0 Å². The van der Waals surface area contributed by atoms with Crippen LogP contribution in [0.5, 0.6) is 0 Å². The zero-order valence-corrected chi connectivity index (χ0v) is 8.56. The van der Waals surface area contributed by atoms with Crippen molar-refractivity contribution in [1.82, 2.24) is 5.32 Å². The average Bonchev–Trinajstić information content (AvgIpc) is 2.03. The Kier molecular flexibility index (Phi) is 6.32. The van der Waals surface area contributed by atoms with Gasteiger partial charge >= 0.3 is 5.97 Å². The van der Waals surface area contributed by atoms with Gasteiger partial charge in [-0.1, -0.05) is 0 Å². The summed E-state index contributed by atoms with van der Waals surface area (Å²) in [7, 11) is 0. The maximum Gasteiger partial charge on any atom is 0.328 e. The highest BCUT2D eigenvalue weighted by atomic mass is 35.5. The summed E-state index contributed by atoms with van der Waals surface area (Å²) in [4.78, 5) is 21.8. The molecule has 0 spiro atoms. The first-order valence-corrected chi connectivity index (χ1v) is 4.65. The Hall–Kier alpha value is -0.770. The fourth-order valence-corrected chi connectivity index (χ4v) is 1.06. The highest BCUT2D eigenvalue weighted by Crippen LogP contribution is 1.97. The summed E-state index contributed by atoms with van der Waals surface area (Å²) in [6.07, 6.45) is 0.389. The molecular weight excluding hydrogens is 194 g/mol. The van der Waals surface area contributed by atoms with Gasteiger partial charge in [-0.2, -0.15) is 0 Å². The van der Waals surface area contributed by atoms with E-state index in [4.69, 9.17) is 16.3 Å². The van der Waals surface area contributed by atoms with E-state index in [0.717, 1.165) is 0 Å². The number of amides is 1. The minimum absolute atomic E-state index is 0.261. The Balaban J connectivity index is 4.06. The average molecular weight is 208 g/mol. The lowest BCUT2D eigenvalue weighted by molar-refractivity contribution is -0.147. The fraction of sp³-hybridized carbons (Fsp3) is 0.750. The zero-order chi connectivity index (χ0) is 10.3. The van der Waals surface area contributed by atoms with Crippen LogP contribution in [0.15, 0.2) is 0 Å². The number of nitrogens with one attached hydrogen (secondary N) is 1. The summed E-state index contributed by atoms with van der Waals surface area (Å²) in [5, 5.41) is 2.47. The molecule has 0 radical (unpaired) electrons. The van der Waals surface area contributed by atoms with E-state index in [2.05, 4.69) is 5.32 Å². The van der Waals surface area contributed by atoms with Gasteiger partial charge in [0.05, 0.1) is 6.61 Å². The topological polar surface area (TPSA) is 55.4 Å². The van der Waals surface area contributed by atoms with Crippen molar-refractivity contribution in [1.29, 1.82) is 0 Å². The molecule has 0 aromatic rings. The first-order chi connectivity index (χ1) is 6.11. The van der Waals surface area contributed by atoms with Gasteiger partial charge in [0.15, 0.2) is 0 Å². The number of carbonyl (C=O) groups excluding carboxylic acids is 2. The predicted octanol–water partition coefficient (Wildman–Crippen LogP) is 0.683. The molecule has 1 amide bonds. The molecule has 1 atom stereocenters. The van der Waals surface area contributed by atoms with Gasteiger partial charge in [-0.05, 0) is 13.3 Å². The fourth-order valence-electron chi connectivity index (χ4n) is 0.846. The first-order valence-electron chi connectivity index (χ1n) is 4.11. The van der Waals surface area contributed by atoms with Crippen LogP contribution in [0.3, 0.4) is 0 Å².